The monoisotopic (exact) mass is 359 g/mol. The van der Waals surface area contributed by atoms with Crippen LogP contribution in [0.1, 0.15) is 11.1 Å². The predicted octanol–water partition coefficient (Wildman–Crippen LogP) is 3.13. The molecule has 0 heterocycles. The summed E-state index contributed by atoms with van der Waals surface area (Å²) in [5.41, 5.74) is -3.75. The Bertz CT molecular complexity index is 787. The molecule has 0 saturated carbocycles. The van der Waals surface area contributed by atoms with Gasteiger partial charge in [-0.1, -0.05) is 36.4 Å². The van der Waals surface area contributed by atoms with Crippen molar-refractivity contribution in [2.75, 3.05) is 11.9 Å². The maximum Gasteiger partial charge on any atom is 0.501 e. The number of para-hydroxylation sites is 1. The molecule has 130 valence electrons. The van der Waals surface area contributed by atoms with Crippen LogP contribution >= 0.6 is 0 Å². The molecule has 0 aliphatic heterocycles. The summed E-state index contributed by atoms with van der Waals surface area (Å²) in [5, 5.41) is 11.7. The van der Waals surface area contributed by atoms with Gasteiger partial charge in [0.05, 0.1) is 17.2 Å². The van der Waals surface area contributed by atoms with Gasteiger partial charge in [-0.25, -0.2) is 8.42 Å². The summed E-state index contributed by atoms with van der Waals surface area (Å²) in [5.74, 6) is 0. The lowest BCUT2D eigenvalue weighted by molar-refractivity contribution is -0.0435. The quantitative estimate of drug-likeness (QED) is 0.832. The topological polar surface area (TPSA) is 66.4 Å². The molecule has 0 aromatic heterocycles. The molecule has 8 heteroatoms. The summed E-state index contributed by atoms with van der Waals surface area (Å²) >= 11 is 0. The maximum atomic E-state index is 12.7. The highest BCUT2D eigenvalue weighted by atomic mass is 32.2. The molecule has 0 aliphatic rings. The zero-order valence-electron chi connectivity index (χ0n) is 12.5. The SMILES string of the molecule is O=S(=O)(c1ccccc1NCCc1ccc(CO)cc1)C(F)(F)F. The van der Waals surface area contributed by atoms with E-state index in [0.717, 1.165) is 17.2 Å². The Balaban J connectivity index is 2.11. The minimum Gasteiger partial charge on any atom is -0.392 e. The molecule has 0 unspecified atom stereocenters. The van der Waals surface area contributed by atoms with Gasteiger partial charge in [0.2, 0.25) is 0 Å². The number of hydrogen-bond acceptors (Lipinski definition) is 4. The van der Waals surface area contributed by atoms with Gasteiger partial charge in [-0.15, -0.1) is 0 Å². The summed E-state index contributed by atoms with van der Waals surface area (Å²) in [6, 6.07) is 12.0. The van der Waals surface area contributed by atoms with Crippen LogP contribution in [-0.2, 0) is 22.9 Å². The molecule has 4 nitrogen and oxygen atoms in total. The van der Waals surface area contributed by atoms with Crippen molar-refractivity contribution in [3.8, 4) is 0 Å². The Morgan fingerprint density at radius 2 is 1.54 bits per heavy atom. The molecule has 0 amide bonds. The number of hydrogen-bond donors (Lipinski definition) is 2. The second-order valence-electron chi connectivity index (χ2n) is 5.10. The van der Waals surface area contributed by atoms with E-state index in [1.54, 1.807) is 24.3 Å². The van der Waals surface area contributed by atoms with Gasteiger partial charge in [0, 0.05) is 6.54 Å². The number of aliphatic hydroxyl groups excluding tert-OH is 1. The van der Waals surface area contributed by atoms with Crippen LogP contribution in [0.5, 0.6) is 0 Å². The van der Waals surface area contributed by atoms with Crippen LogP contribution in [0.25, 0.3) is 0 Å². The summed E-state index contributed by atoms with van der Waals surface area (Å²) < 4.78 is 61.3. The maximum absolute atomic E-state index is 12.7. The van der Waals surface area contributed by atoms with Crippen molar-refractivity contribution in [1.29, 1.82) is 0 Å². The van der Waals surface area contributed by atoms with Crippen molar-refractivity contribution in [1.82, 2.24) is 0 Å². The summed E-state index contributed by atoms with van der Waals surface area (Å²) in [7, 11) is -5.40. The minimum absolute atomic E-state index is 0.0682. The van der Waals surface area contributed by atoms with E-state index >= 15 is 0 Å². The van der Waals surface area contributed by atoms with Crippen molar-refractivity contribution in [2.45, 2.75) is 23.4 Å². The lowest BCUT2D eigenvalue weighted by Crippen LogP contribution is -2.24. The molecule has 0 saturated heterocycles. The molecular weight excluding hydrogens is 343 g/mol. The molecule has 2 rings (SSSR count). The third-order valence-corrected chi connectivity index (χ3v) is 4.96. The molecule has 0 atom stereocenters. The Kier molecular flexibility index (Phi) is 5.51. The van der Waals surface area contributed by atoms with Gasteiger partial charge in [0.25, 0.3) is 9.84 Å². The highest BCUT2D eigenvalue weighted by molar-refractivity contribution is 7.92. The number of benzene rings is 2. The Hall–Kier alpha value is -2.06. The number of halogens is 3. The number of sulfone groups is 1. The summed E-state index contributed by atoms with van der Waals surface area (Å²) in [6.45, 7) is 0.198. The fourth-order valence-corrected chi connectivity index (χ4v) is 3.06. The van der Waals surface area contributed by atoms with E-state index in [1.165, 1.54) is 18.2 Å². The molecule has 0 radical (unpaired) electrons. The Morgan fingerprint density at radius 3 is 2.12 bits per heavy atom. The lowest BCUT2D eigenvalue weighted by atomic mass is 10.1. The number of alkyl halides is 3. The van der Waals surface area contributed by atoms with Crippen LogP contribution in [0, 0.1) is 0 Å². The Labute approximate surface area is 137 Å². The van der Waals surface area contributed by atoms with E-state index in [-0.39, 0.29) is 18.8 Å². The van der Waals surface area contributed by atoms with Crippen molar-refractivity contribution in [3.63, 3.8) is 0 Å². The molecule has 24 heavy (non-hydrogen) atoms. The number of anilines is 1. The highest BCUT2D eigenvalue weighted by Crippen LogP contribution is 2.34. The highest BCUT2D eigenvalue weighted by Gasteiger charge is 2.47. The molecule has 2 aromatic rings. The number of aliphatic hydroxyl groups is 1. The van der Waals surface area contributed by atoms with Crippen molar-refractivity contribution >= 4 is 15.5 Å². The van der Waals surface area contributed by atoms with Crippen LogP contribution in [0.2, 0.25) is 0 Å². The molecule has 0 bridgehead atoms. The van der Waals surface area contributed by atoms with E-state index in [9.17, 15) is 21.6 Å². The standard InChI is InChI=1S/C16H16F3NO3S/c17-16(18,19)24(22,23)15-4-2-1-3-14(15)20-10-9-12-5-7-13(11-21)8-6-12/h1-8,20-21H,9-11H2. The van der Waals surface area contributed by atoms with Crippen molar-refractivity contribution in [3.05, 3.63) is 59.7 Å². The van der Waals surface area contributed by atoms with E-state index in [0.29, 0.717) is 6.42 Å². The first-order valence-corrected chi connectivity index (χ1v) is 8.57. The van der Waals surface area contributed by atoms with E-state index < -0.39 is 20.2 Å². The zero-order valence-corrected chi connectivity index (χ0v) is 13.4. The average molecular weight is 359 g/mol. The van der Waals surface area contributed by atoms with Gasteiger partial charge in [0.1, 0.15) is 0 Å². The number of nitrogens with one attached hydrogen (secondary N) is 1. The minimum atomic E-state index is -5.40. The van der Waals surface area contributed by atoms with Crippen LogP contribution in [-0.4, -0.2) is 25.6 Å². The Morgan fingerprint density at radius 1 is 0.958 bits per heavy atom. The molecule has 0 fully saturated rings. The van der Waals surface area contributed by atoms with Crippen molar-refractivity contribution < 1.29 is 26.7 Å². The zero-order chi connectivity index (χ0) is 17.8. The first kappa shape index (κ1) is 18.3. The third kappa shape index (κ3) is 4.07. The van der Waals surface area contributed by atoms with E-state index in [1.807, 2.05) is 0 Å². The third-order valence-electron chi connectivity index (χ3n) is 3.42. The first-order chi connectivity index (χ1) is 11.3. The van der Waals surface area contributed by atoms with Gasteiger partial charge in [0.15, 0.2) is 0 Å². The van der Waals surface area contributed by atoms with Gasteiger partial charge >= 0.3 is 5.51 Å². The largest absolute Gasteiger partial charge is 0.501 e. The predicted molar refractivity (Wildman–Crippen MR) is 84.2 cm³/mol. The molecule has 0 spiro atoms. The van der Waals surface area contributed by atoms with Gasteiger partial charge < -0.3 is 10.4 Å². The second kappa shape index (κ2) is 7.23. The van der Waals surface area contributed by atoms with Gasteiger partial charge in [-0.2, -0.15) is 13.2 Å². The van der Waals surface area contributed by atoms with Crippen LogP contribution < -0.4 is 5.32 Å². The number of rotatable bonds is 6. The molecular formula is C16H16F3NO3S. The van der Waals surface area contributed by atoms with Crippen LogP contribution in [0.4, 0.5) is 18.9 Å². The lowest BCUT2D eigenvalue weighted by Gasteiger charge is -2.14. The first-order valence-electron chi connectivity index (χ1n) is 7.08. The average Bonchev–Trinajstić information content (AvgIpc) is 2.55. The fraction of sp³-hybridized carbons (Fsp3) is 0.250. The normalized spacial score (nSPS) is 12.2. The van der Waals surface area contributed by atoms with Crippen LogP contribution in [0.3, 0.4) is 0 Å². The van der Waals surface area contributed by atoms with Crippen molar-refractivity contribution in [2.24, 2.45) is 0 Å². The summed E-state index contributed by atoms with van der Waals surface area (Å²) in [4.78, 5) is -0.784. The van der Waals surface area contributed by atoms with E-state index in [4.69, 9.17) is 5.11 Å². The molecule has 2 aromatic carbocycles. The van der Waals surface area contributed by atoms with Gasteiger partial charge in [-0.05, 0) is 29.7 Å². The molecule has 0 aliphatic carbocycles. The molecule has 2 N–H and O–H groups in total. The summed E-state index contributed by atoms with van der Waals surface area (Å²) in [6.07, 6.45) is 0.492. The second-order valence-corrected chi connectivity index (χ2v) is 7.01. The van der Waals surface area contributed by atoms with Gasteiger partial charge in [-0.3, -0.25) is 0 Å². The van der Waals surface area contributed by atoms with Crippen LogP contribution in [0.15, 0.2) is 53.4 Å². The van der Waals surface area contributed by atoms with E-state index in [2.05, 4.69) is 5.32 Å². The smallest absolute Gasteiger partial charge is 0.392 e. The fourth-order valence-electron chi connectivity index (χ4n) is 2.12.